The number of ether oxygens (including phenoxy) is 1. The summed E-state index contributed by atoms with van der Waals surface area (Å²) in [5.41, 5.74) is -0.438. The van der Waals surface area contributed by atoms with Crippen LogP contribution >= 0.6 is 0 Å². The van der Waals surface area contributed by atoms with E-state index < -0.39 is 0 Å². The van der Waals surface area contributed by atoms with Crippen molar-refractivity contribution >= 4 is 0 Å². The van der Waals surface area contributed by atoms with Crippen LogP contribution in [0.3, 0.4) is 0 Å². The Bertz CT molecular complexity index is 212. The quantitative estimate of drug-likeness (QED) is 0.703. The second-order valence-corrected chi connectivity index (χ2v) is 4.92. The molecule has 1 saturated heterocycles. The Kier molecular flexibility index (Phi) is 3.38. The molecular weight excluding hydrogens is 176 g/mol. The van der Waals surface area contributed by atoms with E-state index in [1.165, 1.54) is 0 Å². The van der Waals surface area contributed by atoms with Crippen molar-refractivity contribution < 1.29 is 9.84 Å². The van der Waals surface area contributed by atoms with Gasteiger partial charge in [0.25, 0.3) is 0 Å². The van der Waals surface area contributed by atoms with E-state index in [2.05, 4.69) is 20.4 Å². The molecular formula is C12H22O2. The zero-order chi connectivity index (χ0) is 10.8. The predicted octanol–water partition coefficient (Wildman–Crippen LogP) is 2.52. The Morgan fingerprint density at radius 3 is 2.50 bits per heavy atom. The predicted molar refractivity (Wildman–Crippen MR) is 58.2 cm³/mol. The van der Waals surface area contributed by atoms with Crippen LogP contribution in [0.5, 0.6) is 0 Å². The topological polar surface area (TPSA) is 29.5 Å². The van der Waals surface area contributed by atoms with Crippen molar-refractivity contribution in [1.29, 1.82) is 0 Å². The normalized spacial score (nSPS) is 37.8. The Balaban J connectivity index is 2.78. The van der Waals surface area contributed by atoms with E-state index in [4.69, 9.17) is 4.74 Å². The molecule has 0 saturated carbocycles. The van der Waals surface area contributed by atoms with E-state index in [0.29, 0.717) is 5.92 Å². The SMILES string of the molecule is C=CC[C@]1(C(C)C)CC[C@](C)(CO)O1. The second-order valence-electron chi connectivity index (χ2n) is 4.92. The van der Waals surface area contributed by atoms with Gasteiger partial charge in [-0.1, -0.05) is 19.9 Å². The lowest BCUT2D eigenvalue weighted by molar-refractivity contribution is -0.133. The first-order valence-electron chi connectivity index (χ1n) is 5.40. The molecule has 2 heteroatoms. The summed E-state index contributed by atoms with van der Waals surface area (Å²) < 4.78 is 6.07. The van der Waals surface area contributed by atoms with E-state index in [1.54, 1.807) is 0 Å². The number of rotatable bonds is 4. The molecule has 1 aliphatic rings. The minimum Gasteiger partial charge on any atom is -0.393 e. The molecule has 0 aliphatic carbocycles. The monoisotopic (exact) mass is 198 g/mol. The summed E-state index contributed by atoms with van der Waals surface area (Å²) in [4.78, 5) is 0. The van der Waals surface area contributed by atoms with Crippen LogP contribution in [0.4, 0.5) is 0 Å². The maximum atomic E-state index is 9.26. The molecule has 0 bridgehead atoms. The second kappa shape index (κ2) is 4.03. The van der Waals surface area contributed by atoms with Gasteiger partial charge in [-0.2, -0.15) is 0 Å². The first kappa shape index (κ1) is 11.7. The van der Waals surface area contributed by atoms with Gasteiger partial charge in [-0.15, -0.1) is 6.58 Å². The fourth-order valence-corrected chi connectivity index (χ4v) is 2.21. The highest BCUT2D eigenvalue weighted by molar-refractivity contribution is 5.00. The van der Waals surface area contributed by atoms with Crippen LogP contribution in [-0.4, -0.2) is 22.9 Å². The molecule has 0 amide bonds. The van der Waals surface area contributed by atoms with Gasteiger partial charge in [-0.25, -0.2) is 0 Å². The van der Waals surface area contributed by atoms with Gasteiger partial charge in [0.2, 0.25) is 0 Å². The smallest absolute Gasteiger partial charge is 0.0893 e. The summed E-state index contributed by atoms with van der Waals surface area (Å²) in [5.74, 6) is 0.467. The van der Waals surface area contributed by atoms with Crippen molar-refractivity contribution in [2.24, 2.45) is 5.92 Å². The van der Waals surface area contributed by atoms with Gasteiger partial charge in [0.15, 0.2) is 0 Å². The largest absolute Gasteiger partial charge is 0.393 e. The van der Waals surface area contributed by atoms with Crippen molar-refractivity contribution in [3.8, 4) is 0 Å². The first-order chi connectivity index (χ1) is 6.48. The van der Waals surface area contributed by atoms with Crippen molar-refractivity contribution in [2.75, 3.05) is 6.61 Å². The van der Waals surface area contributed by atoms with E-state index in [1.807, 2.05) is 13.0 Å². The molecule has 1 heterocycles. The van der Waals surface area contributed by atoms with Gasteiger partial charge in [0.1, 0.15) is 0 Å². The summed E-state index contributed by atoms with van der Waals surface area (Å²) >= 11 is 0. The maximum Gasteiger partial charge on any atom is 0.0893 e. The highest BCUT2D eigenvalue weighted by atomic mass is 16.5. The van der Waals surface area contributed by atoms with Crippen LogP contribution in [-0.2, 0) is 4.74 Å². The Labute approximate surface area is 87.0 Å². The van der Waals surface area contributed by atoms with Gasteiger partial charge in [-0.05, 0) is 32.1 Å². The van der Waals surface area contributed by atoms with Crippen LogP contribution in [0, 0.1) is 5.92 Å². The number of hydrogen-bond acceptors (Lipinski definition) is 2. The van der Waals surface area contributed by atoms with Gasteiger partial charge in [0.05, 0.1) is 17.8 Å². The van der Waals surface area contributed by atoms with Crippen molar-refractivity contribution in [3.05, 3.63) is 12.7 Å². The third kappa shape index (κ3) is 2.01. The summed E-state index contributed by atoms with van der Waals surface area (Å²) in [6, 6.07) is 0. The molecule has 1 fully saturated rings. The number of aliphatic hydroxyl groups excluding tert-OH is 1. The molecule has 1 rings (SSSR count). The average molecular weight is 198 g/mol. The third-order valence-electron chi connectivity index (χ3n) is 3.40. The third-order valence-corrected chi connectivity index (χ3v) is 3.40. The summed E-state index contributed by atoms with van der Waals surface area (Å²) in [6.45, 7) is 10.2. The van der Waals surface area contributed by atoms with Crippen molar-refractivity contribution in [1.82, 2.24) is 0 Å². The van der Waals surface area contributed by atoms with Crippen LogP contribution in [0.2, 0.25) is 0 Å². The van der Waals surface area contributed by atoms with E-state index >= 15 is 0 Å². The number of hydrogen-bond donors (Lipinski definition) is 1. The molecule has 0 aromatic heterocycles. The standard InChI is InChI=1S/C12H22O2/c1-5-6-12(10(2)3)8-7-11(4,9-13)14-12/h5,10,13H,1,6-9H2,2-4H3/t11-,12-/m1/s1. The Hall–Kier alpha value is -0.340. The lowest BCUT2D eigenvalue weighted by atomic mass is 9.84. The van der Waals surface area contributed by atoms with Gasteiger partial charge in [-0.3, -0.25) is 0 Å². The highest BCUT2D eigenvalue weighted by Gasteiger charge is 2.47. The van der Waals surface area contributed by atoms with Crippen molar-refractivity contribution in [2.45, 2.75) is 51.2 Å². The average Bonchev–Trinajstić information content (AvgIpc) is 2.47. The van der Waals surface area contributed by atoms with Crippen LogP contribution in [0.1, 0.15) is 40.0 Å². The van der Waals surface area contributed by atoms with Crippen molar-refractivity contribution in [3.63, 3.8) is 0 Å². The zero-order valence-electron chi connectivity index (χ0n) is 9.55. The van der Waals surface area contributed by atoms with Gasteiger partial charge in [0, 0.05) is 0 Å². The van der Waals surface area contributed by atoms with E-state index in [0.717, 1.165) is 19.3 Å². The molecule has 2 atom stereocenters. The molecule has 14 heavy (non-hydrogen) atoms. The van der Waals surface area contributed by atoms with Crippen LogP contribution in [0.15, 0.2) is 12.7 Å². The van der Waals surface area contributed by atoms with Gasteiger partial charge < -0.3 is 9.84 Å². The molecule has 1 aliphatic heterocycles. The molecule has 0 aromatic carbocycles. The molecule has 1 N–H and O–H groups in total. The van der Waals surface area contributed by atoms with Crippen LogP contribution in [0.25, 0.3) is 0 Å². The molecule has 0 aromatic rings. The lowest BCUT2D eigenvalue weighted by Gasteiger charge is -2.35. The zero-order valence-corrected chi connectivity index (χ0v) is 9.55. The molecule has 0 spiro atoms. The van der Waals surface area contributed by atoms with E-state index in [9.17, 15) is 5.11 Å². The fraction of sp³-hybridized carbons (Fsp3) is 0.833. The van der Waals surface area contributed by atoms with Crippen LogP contribution < -0.4 is 0 Å². The summed E-state index contributed by atoms with van der Waals surface area (Å²) in [7, 11) is 0. The fourth-order valence-electron chi connectivity index (χ4n) is 2.21. The first-order valence-corrected chi connectivity index (χ1v) is 5.40. The highest BCUT2D eigenvalue weighted by Crippen LogP contribution is 2.44. The minimum atomic E-state index is -0.340. The number of aliphatic hydroxyl groups is 1. The molecule has 0 unspecified atom stereocenters. The molecule has 0 radical (unpaired) electrons. The molecule has 82 valence electrons. The maximum absolute atomic E-state index is 9.26. The Morgan fingerprint density at radius 2 is 2.14 bits per heavy atom. The minimum absolute atomic E-state index is 0.0980. The molecule has 2 nitrogen and oxygen atoms in total. The van der Waals surface area contributed by atoms with Gasteiger partial charge >= 0.3 is 0 Å². The lowest BCUT2D eigenvalue weighted by Crippen LogP contribution is -2.39. The Morgan fingerprint density at radius 1 is 1.50 bits per heavy atom. The summed E-state index contributed by atoms with van der Waals surface area (Å²) in [5, 5.41) is 9.26. The summed E-state index contributed by atoms with van der Waals surface area (Å²) in [6.07, 6.45) is 4.76. The van der Waals surface area contributed by atoms with E-state index in [-0.39, 0.29) is 17.8 Å².